The third-order valence-corrected chi connectivity index (χ3v) is 4.82. The van der Waals surface area contributed by atoms with Crippen LogP contribution in [0.15, 0.2) is 49.1 Å². The Hall–Kier alpha value is -2.03. The Morgan fingerprint density at radius 1 is 1.14 bits per heavy atom. The second-order valence-corrected chi connectivity index (χ2v) is 5.85. The van der Waals surface area contributed by atoms with Crippen molar-refractivity contribution in [2.45, 2.75) is 38.1 Å². The Balaban J connectivity index is 2.28. The van der Waals surface area contributed by atoms with Crippen LogP contribution in [-0.2, 0) is 5.41 Å². The Labute approximate surface area is 126 Å². The molecule has 3 rings (SSSR count). The minimum atomic E-state index is -0.0918. The van der Waals surface area contributed by atoms with Gasteiger partial charge >= 0.3 is 0 Å². The maximum absolute atomic E-state index is 4.37. The van der Waals surface area contributed by atoms with Crippen LogP contribution in [0.2, 0.25) is 0 Å². The minimum Gasteiger partial charge on any atom is -0.264 e. The van der Waals surface area contributed by atoms with Gasteiger partial charge in [0.15, 0.2) is 11.8 Å². The van der Waals surface area contributed by atoms with Gasteiger partial charge in [-0.05, 0) is 30.2 Å². The standard InChI is InChI=1S/C18H22N3/c1-4-17-18(11-14(2)21(17)3,15-7-5-9-19-12-15)16-8-6-10-20-13-16/h5-10,12-14H,4,11H2,1-3H3/q+1/t14-/m0/s1. The van der Waals surface area contributed by atoms with Crippen molar-refractivity contribution in [2.24, 2.45) is 0 Å². The Kier molecular flexibility index (Phi) is 3.58. The molecule has 0 N–H and O–H groups in total. The summed E-state index contributed by atoms with van der Waals surface area (Å²) in [5.74, 6) is 0. The average molecular weight is 280 g/mol. The number of pyridine rings is 2. The maximum atomic E-state index is 4.37. The lowest BCUT2D eigenvalue weighted by molar-refractivity contribution is -0.526. The monoisotopic (exact) mass is 280 g/mol. The van der Waals surface area contributed by atoms with Crippen LogP contribution in [0.1, 0.15) is 37.8 Å². The van der Waals surface area contributed by atoms with E-state index in [9.17, 15) is 0 Å². The average Bonchev–Trinajstić information content (AvgIpc) is 2.81. The van der Waals surface area contributed by atoms with E-state index in [1.165, 1.54) is 16.8 Å². The SMILES string of the molecule is CCC1=[N+](C)[C@@H](C)CC1(c1cccnc1)c1cccnc1. The number of rotatable bonds is 3. The van der Waals surface area contributed by atoms with Crippen LogP contribution in [0.5, 0.6) is 0 Å². The molecule has 3 nitrogen and oxygen atoms in total. The third-order valence-electron chi connectivity index (χ3n) is 4.82. The number of nitrogens with zero attached hydrogens (tertiary/aromatic N) is 3. The van der Waals surface area contributed by atoms with E-state index in [1.54, 1.807) is 0 Å². The highest BCUT2D eigenvalue weighted by atomic mass is 15.1. The Bertz CT molecular complexity index is 607. The maximum Gasteiger partial charge on any atom is 0.167 e. The first-order valence-corrected chi connectivity index (χ1v) is 7.60. The zero-order valence-corrected chi connectivity index (χ0v) is 13.0. The van der Waals surface area contributed by atoms with Crippen molar-refractivity contribution in [2.75, 3.05) is 7.05 Å². The summed E-state index contributed by atoms with van der Waals surface area (Å²) in [7, 11) is 2.21. The first-order chi connectivity index (χ1) is 10.2. The van der Waals surface area contributed by atoms with E-state index in [1.807, 2.05) is 36.9 Å². The molecule has 0 aliphatic carbocycles. The van der Waals surface area contributed by atoms with Crippen LogP contribution >= 0.6 is 0 Å². The van der Waals surface area contributed by atoms with Gasteiger partial charge in [0.05, 0.1) is 0 Å². The summed E-state index contributed by atoms with van der Waals surface area (Å²) in [4.78, 5) is 8.73. The molecule has 0 saturated carbocycles. The largest absolute Gasteiger partial charge is 0.264 e. The van der Waals surface area contributed by atoms with Crippen molar-refractivity contribution in [3.63, 3.8) is 0 Å². The molecule has 1 atom stereocenters. The molecule has 0 radical (unpaired) electrons. The van der Waals surface area contributed by atoms with Crippen molar-refractivity contribution < 1.29 is 4.58 Å². The van der Waals surface area contributed by atoms with Gasteiger partial charge < -0.3 is 0 Å². The first kappa shape index (κ1) is 13.9. The summed E-state index contributed by atoms with van der Waals surface area (Å²) in [5, 5.41) is 0. The summed E-state index contributed by atoms with van der Waals surface area (Å²) in [6.45, 7) is 4.54. The van der Waals surface area contributed by atoms with Crippen molar-refractivity contribution in [1.82, 2.24) is 9.97 Å². The fourth-order valence-electron chi connectivity index (χ4n) is 3.78. The molecule has 0 saturated heterocycles. The van der Waals surface area contributed by atoms with Gasteiger partial charge in [0.2, 0.25) is 0 Å². The first-order valence-electron chi connectivity index (χ1n) is 7.60. The van der Waals surface area contributed by atoms with Crippen molar-refractivity contribution >= 4 is 5.71 Å². The van der Waals surface area contributed by atoms with Gasteiger partial charge in [-0.25, -0.2) is 4.58 Å². The molecule has 1 aliphatic rings. The summed E-state index contributed by atoms with van der Waals surface area (Å²) in [5.41, 5.74) is 3.90. The summed E-state index contributed by atoms with van der Waals surface area (Å²) >= 11 is 0. The van der Waals surface area contributed by atoms with Gasteiger partial charge in [0, 0.05) is 37.6 Å². The van der Waals surface area contributed by atoms with E-state index >= 15 is 0 Å². The quantitative estimate of drug-likeness (QED) is 0.809. The molecule has 3 heteroatoms. The summed E-state index contributed by atoms with van der Waals surface area (Å²) < 4.78 is 2.43. The van der Waals surface area contributed by atoms with Crippen LogP contribution in [0.25, 0.3) is 0 Å². The molecular formula is C18H22N3+. The summed E-state index contributed by atoms with van der Waals surface area (Å²) in [6, 6.07) is 8.97. The summed E-state index contributed by atoms with van der Waals surface area (Å²) in [6.07, 6.45) is 9.81. The molecule has 0 fully saturated rings. The predicted octanol–water partition coefficient (Wildman–Crippen LogP) is 3.05. The molecule has 0 bridgehead atoms. The van der Waals surface area contributed by atoms with Gasteiger partial charge in [-0.15, -0.1) is 0 Å². The number of aromatic nitrogens is 2. The third kappa shape index (κ3) is 2.08. The fraction of sp³-hybridized carbons (Fsp3) is 0.389. The lowest BCUT2D eigenvalue weighted by atomic mass is 9.69. The highest BCUT2D eigenvalue weighted by molar-refractivity contribution is 5.95. The Morgan fingerprint density at radius 2 is 1.71 bits per heavy atom. The van der Waals surface area contributed by atoms with E-state index in [2.05, 4.69) is 47.6 Å². The van der Waals surface area contributed by atoms with Crippen LogP contribution in [-0.4, -0.2) is 33.3 Å². The zero-order chi connectivity index (χ0) is 14.9. The van der Waals surface area contributed by atoms with Crippen LogP contribution in [0.3, 0.4) is 0 Å². The fourth-order valence-corrected chi connectivity index (χ4v) is 3.78. The Morgan fingerprint density at radius 3 is 2.14 bits per heavy atom. The zero-order valence-electron chi connectivity index (χ0n) is 13.0. The molecular weight excluding hydrogens is 258 g/mol. The van der Waals surface area contributed by atoms with E-state index < -0.39 is 0 Å². The van der Waals surface area contributed by atoms with Crippen LogP contribution < -0.4 is 0 Å². The van der Waals surface area contributed by atoms with E-state index in [0.29, 0.717) is 6.04 Å². The highest BCUT2D eigenvalue weighted by Crippen LogP contribution is 2.42. The van der Waals surface area contributed by atoms with Gasteiger partial charge in [0.25, 0.3) is 0 Å². The lowest BCUT2D eigenvalue weighted by Gasteiger charge is -2.28. The van der Waals surface area contributed by atoms with Crippen LogP contribution in [0, 0.1) is 0 Å². The van der Waals surface area contributed by atoms with Crippen LogP contribution in [0.4, 0.5) is 0 Å². The van der Waals surface area contributed by atoms with E-state index in [0.717, 1.165) is 12.8 Å². The topological polar surface area (TPSA) is 28.8 Å². The molecule has 0 spiro atoms. The smallest absolute Gasteiger partial charge is 0.167 e. The highest BCUT2D eigenvalue weighted by Gasteiger charge is 2.51. The van der Waals surface area contributed by atoms with Crippen molar-refractivity contribution in [1.29, 1.82) is 0 Å². The van der Waals surface area contributed by atoms with Crippen molar-refractivity contribution in [3.05, 3.63) is 60.2 Å². The van der Waals surface area contributed by atoms with E-state index in [4.69, 9.17) is 0 Å². The molecule has 1 aliphatic heterocycles. The molecule has 0 aromatic carbocycles. The normalized spacial score (nSPS) is 20.8. The van der Waals surface area contributed by atoms with Crippen molar-refractivity contribution in [3.8, 4) is 0 Å². The molecule has 108 valence electrons. The number of hydrogen-bond donors (Lipinski definition) is 0. The molecule has 0 amide bonds. The molecule has 2 aromatic rings. The second-order valence-electron chi connectivity index (χ2n) is 5.85. The number of hydrogen-bond acceptors (Lipinski definition) is 2. The van der Waals surface area contributed by atoms with Gasteiger partial charge in [0.1, 0.15) is 12.5 Å². The van der Waals surface area contributed by atoms with Gasteiger partial charge in [-0.2, -0.15) is 0 Å². The van der Waals surface area contributed by atoms with Gasteiger partial charge in [-0.3, -0.25) is 9.97 Å². The predicted molar refractivity (Wildman–Crippen MR) is 84.8 cm³/mol. The molecule has 2 aromatic heterocycles. The molecule has 0 unspecified atom stereocenters. The lowest BCUT2D eigenvalue weighted by Crippen LogP contribution is -2.35. The molecule has 21 heavy (non-hydrogen) atoms. The molecule has 3 heterocycles. The van der Waals surface area contributed by atoms with Gasteiger partial charge in [-0.1, -0.05) is 19.1 Å². The van der Waals surface area contributed by atoms with E-state index in [-0.39, 0.29) is 5.41 Å². The second kappa shape index (κ2) is 5.40. The minimum absolute atomic E-state index is 0.0918.